The van der Waals surface area contributed by atoms with E-state index in [2.05, 4.69) is 20.6 Å². The number of guanidine groups is 1. The van der Waals surface area contributed by atoms with Crippen LogP contribution in [0, 0.1) is 11.3 Å². The molecule has 32 heavy (non-hydrogen) atoms. The number of rotatable bonds is 10. The van der Waals surface area contributed by atoms with Gasteiger partial charge in [0.05, 0.1) is 18.8 Å². The Morgan fingerprint density at radius 3 is 2.53 bits per heavy atom. The first-order valence-electron chi connectivity index (χ1n) is 10.8. The molecule has 1 atom stereocenters. The van der Waals surface area contributed by atoms with Crippen LogP contribution in [0.25, 0.3) is 0 Å². The molecule has 0 bridgehead atoms. The van der Waals surface area contributed by atoms with Crippen LogP contribution in [0.1, 0.15) is 62.4 Å². The van der Waals surface area contributed by atoms with Crippen molar-refractivity contribution < 1.29 is 14.3 Å². The number of ether oxygens (including phenoxy) is 1. The summed E-state index contributed by atoms with van der Waals surface area (Å²) < 4.78 is 5.76. The van der Waals surface area contributed by atoms with Crippen LogP contribution in [0.5, 0.6) is 0 Å². The SMILES string of the molecule is CC(=O)[C@@H](N)COC1CCC(CCCCNC(=N)NC(=O)c2nc(Cl)c(N)nc2N)CC1. The average molecular weight is 469 g/mol. The van der Waals surface area contributed by atoms with E-state index < -0.39 is 11.9 Å². The molecule has 1 fully saturated rings. The number of carbonyl (C=O) groups is 2. The average Bonchev–Trinajstić information content (AvgIpc) is 2.74. The predicted molar refractivity (Wildman–Crippen MR) is 123 cm³/mol. The van der Waals surface area contributed by atoms with E-state index in [1.807, 2.05) is 0 Å². The molecular formula is C20H33ClN8O3. The van der Waals surface area contributed by atoms with Crippen LogP contribution in [0.4, 0.5) is 11.6 Å². The summed E-state index contributed by atoms with van der Waals surface area (Å²) in [7, 11) is 0. The number of nitrogens with two attached hydrogens (primary N) is 3. The van der Waals surface area contributed by atoms with Crippen molar-refractivity contribution in [3.8, 4) is 0 Å². The molecule has 1 saturated carbocycles. The molecule has 1 aliphatic carbocycles. The molecule has 1 aromatic rings. The van der Waals surface area contributed by atoms with Gasteiger partial charge < -0.3 is 27.3 Å². The lowest BCUT2D eigenvalue weighted by Crippen LogP contribution is -2.41. The fourth-order valence-electron chi connectivity index (χ4n) is 3.54. The Hall–Kier alpha value is -2.50. The number of hydrogen-bond acceptors (Lipinski definition) is 9. The standard InChI is InChI=1S/C20H33ClN8O3/c1-11(30)14(22)10-32-13-7-5-12(6-8-13)4-2-3-9-26-20(25)29-19(31)15-17(23)28-18(24)16(21)27-15/h12-14H,2-10,22H2,1H3,(H4,23,24,28)(H3,25,26,29,31)/t12?,13?,14-/m0/s1. The number of nitrogens with zero attached hydrogens (tertiary/aromatic N) is 2. The van der Waals surface area contributed by atoms with Crippen LogP contribution in [0.2, 0.25) is 5.15 Å². The Balaban J connectivity index is 1.57. The van der Waals surface area contributed by atoms with Gasteiger partial charge in [0, 0.05) is 6.54 Å². The number of hydrogen-bond donors (Lipinski definition) is 6. The topological polar surface area (TPSA) is 195 Å². The molecule has 1 aromatic heterocycles. The van der Waals surface area contributed by atoms with Crippen LogP contribution in [-0.2, 0) is 9.53 Å². The normalized spacial score (nSPS) is 19.2. The maximum atomic E-state index is 12.2. The Morgan fingerprint density at radius 2 is 1.88 bits per heavy atom. The summed E-state index contributed by atoms with van der Waals surface area (Å²) in [6, 6.07) is -0.529. The molecule has 0 aliphatic heterocycles. The van der Waals surface area contributed by atoms with Crippen molar-refractivity contribution in [2.24, 2.45) is 11.7 Å². The van der Waals surface area contributed by atoms with Gasteiger partial charge >= 0.3 is 0 Å². The van der Waals surface area contributed by atoms with Crippen molar-refractivity contribution in [3.63, 3.8) is 0 Å². The van der Waals surface area contributed by atoms with E-state index in [0.29, 0.717) is 19.1 Å². The first-order chi connectivity index (χ1) is 15.2. The number of ketones is 1. The van der Waals surface area contributed by atoms with Gasteiger partial charge in [0.15, 0.2) is 28.4 Å². The first-order valence-corrected chi connectivity index (χ1v) is 11.1. The second-order valence-corrected chi connectivity index (χ2v) is 8.44. The van der Waals surface area contributed by atoms with Crippen molar-refractivity contribution in [1.29, 1.82) is 5.41 Å². The summed E-state index contributed by atoms with van der Waals surface area (Å²) in [5.41, 5.74) is 16.7. The quantitative estimate of drug-likeness (QED) is 0.166. The number of nitrogen functional groups attached to an aromatic ring is 2. The van der Waals surface area contributed by atoms with Crippen LogP contribution in [0.3, 0.4) is 0 Å². The van der Waals surface area contributed by atoms with E-state index >= 15 is 0 Å². The largest absolute Gasteiger partial charge is 0.382 e. The summed E-state index contributed by atoms with van der Waals surface area (Å²) in [4.78, 5) is 30.9. The summed E-state index contributed by atoms with van der Waals surface area (Å²) in [5.74, 6) is -0.436. The highest BCUT2D eigenvalue weighted by Gasteiger charge is 2.22. The molecule has 178 valence electrons. The number of carbonyl (C=O) groups excluding carboxylic acids is 2. The third kappa shape index (κ3) is 8.21. The molecule has 9 N–H and O–H groups in total. The summed E-state index contributed by atoms with van der Waals surface area (Å²) in [6.07, 6.45) is 7.38. The number of aromatic nitrogens is 2. The van der Waals surface area contributed by atoms with Gasteiger partial charge in [0.2, 0.25) is 0 Å². The maximum Gasteiger partial charge on any atom is 0.280 e. The van der Waals surface area contributed by atoms with Crippen LogP contribution < -0.4 is 27.8 Å². The molecule has 2 rings (SSSR count). The van der Waals surface area contributed by atoms with Gasteiger partial charge in [-0.1, -0.05) is 24.4 Å². The van der Waals surface area contributed by atoms with E-state index in [1.54, 1.807) is 0 Å². The van der Waals surface area contributed by atoms with E-state index in [1.165, 1.54) is 6.92 Å². The van der Waals surface area contributed by atoms with Crippen LogP contribution in [0.15, 0.2) is 0 Å². The van der Waals surface area contributed by atoms with Gasteiger partial charge in [0.1, 0.15) is 5.78 Å². The van der Waals surface area contributed by atoms with Crippen molar-refractivity contribution in [1.82, 2.24) is 20.6 Å². The molecular weight excluding hydrogens is 436 g/mol. The zero-order valence-electron chi connectivity index (χ0n) is 18.3. The zero-order valence-corrected chi connectivity index (χ0v) is 19.1. The van der Waals surface area contributed by atoms with Crippen LogP contribution >= 0.6 is 11.6 Å². The summed E-state index contributed by atoms with van der Waals surface area (Å²) >= 11 is 5.77. The number of anilines is 2. The minimum absolute atomic E-state index is 0.0487. The van der Waals surface area contributed by atoms with Gasteiger partial charge in [-0.3, -0.25) is 20.3 Å². The monoisotopic (exact) mass is 468 g/mol. The van der Waals surface area contributed by atoms with E-state index in [0.717, 1.165) is 44.9 Å². The fraction of sp³-hybridized carbons (Fsp3) is 0.650. The smallest absolute Gasteiger partial charge is 0.280 e. The highest BCUT2D eigenvalue weighted by Crippen LogP contribution is 2.29. The highest BCUT2D eigenvalue weighted by atomic mass is 35.5. The third-order valence-corrected chi connectivity index (χ3v) is 5.80. The molecule has 12 heteroatoms. The molecule has 1 heterocycles. The third-order valence-electron chi connectivity index (χ3n) is 5.53. The van der Waals surface area contributed by atoms with Gasteiger partial charge in [0.25, 0.3) is 5.91 Å². The molecule has 11 nitrogen and oxygen atoms in total. The van der Waals surface area contributed by atoms with Crippen molar-refractivity contribution in [3.05, 3.63) is 10.8 Å². The summed E-state index contributed by atoms with van der Waals surface area (Å²) in [6.45, 7) is 2.34. The number of amides is 1. The number of Topliss-reactive ketones (excluding diaryl/α,β-unsaturated/α-hetero) is 1. The zero-order chi connectivity index (χ0) is 23.7. The molecule has 1 amide bonds. The molecule has 0 radical (unpaired) electrons. The molecule has 1 aliphatic rings. The second-order valence-electron chi connectivity index (χ2n) is 8.08. The minimum atomic E-state index is -0.683. The lowest BCUT2D eigenvalue weighted by Gasteiger charge is -2.29. The minimum Gasteiger partial charge on any atom is -0.382 e. The van der Waals surface area contributed by atoms with Crippen molar-refractivity contribution in [2.45, 2.75) is 64.0 Å². The number of halogens is 1. The Morgan fingerprint density at radius 1 is 1.19 bits per heavy atom. The van der Waals surface area contributed by atoms with Gasteiger partial charge in [-0.15, -0.1) is 0 Å². The lowest BCUT2D eigenvalue weighted by molar-refractivity contribution is -0.120. The van der Waals surface area contributed by atoms with Gasteiger partial charge in [-0.05, 0) is 44.9 Å². The van der Waals surface area contributed by atoms with Crippen LogP contribution in [-0.4, -0.2) is 52.9 Å². The Bertz CT molecular complexity index is 814. The van der Waals surface area contributed by atoms with Crippen molar-refractivity contribution in [2.75, 3.05) is 24.6 Å². The highest BCUT2D eigenvalue weighted by molar-refractivity contribution is 6.31. The first kappa shape index (κ1) is 25.8. The molecule has 0 unspecified atom stereocenters. The lowest BCUT2D eigenvalue weighted by atomic mass is 9.84. The Labute approximate surface area is 192 Å². The number of nitrogens with one attached hydrogen (secondary N) is 3. The molecule has 0 spiro atoms. The Kier molecular flexibility index (Phi) is 10.1. The van der Waals surface area contributed by atoms with Gasteiger partial charge in [-0.25, -0.2) is 9.97 Å². The summed E-state index contributed by atoms with van der Waals surface area (Å²) in [5, 5.41) is 12.9. The van der Waals surface area contributed by atoms with Crippen molar-refractivity contribution >= 4 is 40.9 Å². The van der Waals surface area contributed by atoms with E-state index in [-0.39, 0.29) is 40.3 Å². The fourth-order valence-corrected chi connectivity index (χ4v) is 3.67. The molecule has 0 saturated heterocycles. The number of unbranched alkanes of at least 4 members (excludes halogenated alkanes) is 1. The van der Waals surface area contributed by atoms with E-state index in [9.17, 15) is 9.59 Å². The second kappa shape index (κ2) is 12.5. The maximum absolute atomic E-state index is 12.2. The van der Waals surface area contributed by atoms with E-state index in [4.69, 9.17) is 38.9 Å². The van der Waals surface area contributed by atoms with Gasteiger partial charge in [-0.2, -0.15) is 0 Å². The molecule has 0 aromatic carbocycles. The predicted octanol–water partition coefficient (Wildman–Crippen LogP) is 1.21.